The fourth-order valence-corrected chi connectivity index (χ4v) is 1.78. The zero-order chi connectivity index (χ0) is 10.7. The summed E-state index contributed by atoms with van der Waals surface area (Å²) < 4.78 is 4.80. The number of benzene rings is 1. The summed E-state index contributed by atoms with van der Waals surface area (Å²) in [5, 5.41) is 7.97. The SMILES string of the molecule is COC(=O)C1(c2ccccc2)CCN=N1. The van der Waals surface area contributed by atoms with Crippen LogP contribution in [0.2, 0.25) is 0 Å². The maximum absolute atomic E-state index is 11.8. The number of hydrogen-bond donors (Lipinski definition) is 0. The highest BCUT2D eigenvalue weighted by atomic mass is 16.5. The van der Waals surface area contributed by atoms with Crippen molar-refractivity contribution in [3.05, 3.63) is 35.9 Å². The Balaban J connectivity index is 2.44. The Bertz CT molecular complexity index is 389. The molecule has 1 aliphatic rings. The first kappa shape index (κ1) is 9.83. The maximum Gasteiger partial charge on any atom is 0.340 e. The summed E-state index contributed by atoms with van der Waals surface area (Å²) in [6.45, 7) is 0.573. The molecule has 4 heteroatoms. The van der Waals surface area contributed by atoms with Crippen molar-refractivity contribution in [2.45, 2.75) is 12.0 Å². The molecule has 1 aromatic carbocycles. The van der Waals surface area contributed by atoms with E-state index in [4.69, 9.17) is 4.74 Å². The summed E-state index contributed by atoms with van der Waals surface area (Å²) >= 11 is 0. The molecular formula is C11H12N2O2. The summed E-state index contributed by atoms with van der Waals surface area (Å²) in [5.41, 5.74) is -0.0613. The molecule has 0 aromatic heterocycles. The van der Waals surface area contributed by atoms with E-state index in [0.29, 0.717) is 13.0 Å². The molecule has 1 unspecified atom stereocenters. The molecule has 0 bridgehead atoms. The summed E-state index contributed by atoms with van der Waals surface area (Å²) in [5.74, 6) is -0.338. The van der Waals surface area contributed by atoms with Crippen LogP contribution in [0.5, 0.6) is 0 Å². The molecule has 2 rings (SSSR count). The smallest absolute Gasteiger partial charge is 0.340 e. The third-order valence-electron chi connectivity index (χ3n) is 2.59. The van der Waals surface area contributed by atoms with E-state index in [9.17, 15) is 4.79 Å². The van der Waals surface area contributed by atoms with Crippen LogP contribution in [0.15, 0.2) is 40.6 Å². The lowest BCUT2D eigenvalue weighted by Crippen LogP contribution is -2.33. The lowest BCUT2D eigenvalue weighted by molar-refractivity contribution is -0.147. The molecular weight excluding hydrogens is 192 g/mol. The van der Waals surface area contributed by atoms with Crippen LogP contribution in [0.1, 0.15) is 12.0 Å². The molecule has 1 aromatic rings. The Morgan fingerprint density at radius 2 is 2.13 bits per heavy atom. The molecule has 0 fully saturated rings. The lowest BCUT2D eigenvalue weighted by Gasteiger charge is -2.21. The number of methoxy groups -OCH3 is 1. The highest BCUT2D eigenvalue weighted by molar-refractivity contribution is 5.83. The molecule has 0 saturated heterocycles. The molecule has 1 heterocycles. The van der Waals surface area contributed by atoms with E-state index in [1.165, 1.54) is 7.11 Å². The Kier molecular flexibility index (Phi) is 2.49. The third kappa shape index (κ3) is 1.52. The van der Waals surface area contributed by atoms with Gasteiger partial charge in [0.25, 0.3) is 0 Å². The van der Waals surface area contributed by atoms with Crippen LogP contribution in [-0.4, -0.2) is 19.6 Å². The van der Waals surface area contributed by atoms with E-state index in [2.05, 4.69) is 10.2 Å². The monoisotopic (exact) mass is 204 g/mol. The first-order valence-corrected chi connectivity index (χ1v) is 4.82. The van der Waals surface area contributed by atoms with Gasteiger partial charge in [0.2, 0.25) is 5.54 Å². The second-order valence-electron chi connectivity index (χ2n) is 3.43. The Labute approximate surface area is 88.0 Å². The topological polar surface area (TPSA) is 51.0 Å². The molecule has 4 nitrogen and oxygen atoms in total. The van der Waals surface area contributed by atoms with Crippen LogP contribution in [0, 0.1) is 0 Å². The van der Waals surface area contributed by atoms with Crippen molar-refractivity contribution < 1.29 is 9.53 Å². The minimum absolute atomic E-state index is 0.338. The Morgan fingerprint density at radius 3 is 2.67 bits per heavy atom. The van der Waals surface area contributed by atoms with Gasteiger partial charge in [-0.05, 0) is 5.56 Å². The predicted octanol–water partition coefficient (Wildman–Crippen LogP) is 1.91. The molecule has 0 N–H and O–H groups in total. The molecule has 78 valence electrons. The summed E-state index contributed by atoms with van der Waals surface area (Å²) in [6, 6.07) is 9.42. The summed E-state index contributed by atoms with van der Waals surface area (Å²) in [6.07, 6.45) is 0.587. The van der Waals surface area contributed by atoms with Crippen LogP contribution in [-0.2, 0) is 15.1 Å². The standard InChI is InChI=1S/C11H12N2O2/c1-15-10(14)11(7-8-12-13-11)9-5-3-2-4-6-9/h2-6H,7-8H2,1H3. The predicted molar refractivity (Wildman–Crippen MR) is 54.5 cm³/mol. The average molecular weight is 204 g/mol. The number of rotatable bonds is 2. The van der Waals surface area contributed by atoms with Crippen LogP contribution >= 0.6 is 0 Å². The van der Waals surface area contributed by atoms with Gasteiger partial charge in [0, 0.05) is 6.42 Å². The van der Waals surface area contributed by atoms with Gasteiger partial charge in [0.05, 0.1) is 13.7 Å². The first-order chi connectivity index (χ1) is 7.29. The van der Waals surface area contributed by atoms with Crippen LogP contribution in [0.3, 0.4) is 0 Å². The fourth-order valence-electron chi connectivity index (χ4n) is 1.78. The average Bonchev–Trinajstić information content (AvgIpc) is 2.79. The number of carbonyl (C=O) groups is 1. The molecule has 15 heavy (non-hydrogen) atoms. The number of azo groups is 1. The number of carbonyl (C=O) groups excluding carboxylic acids is 1. The molecule has 0 saturated carbocycles. The minimum atomic E-state index is -0.907. The van der Waals surface area contributed by atoms with Gasteiger partial charge in [-0.1, -0.05) is 30.3 Å². The van der Waals surface area contributed by atoms with Gasteiger partial charge >= 0.3 is 5.97 Å². The zero-order valence-electron chi connectivity index (χ0n) is 8.51. The van der Waals surface area contributed by atoms with Crippen molar-refractivity contribution in [2.75, 3.05) is 13.7 Å². The second kappa shape index (κ2) is 3.81. The fraction of sp³-hybridized carbons (Fsp3) is 0.364. The van der Waals surface area contributed by atoms with Crippen molar-refractivity contribution in [3.63, 3.8) is 0 Å². The van der Waals surface area contributed by atoms with Crippen molar-refractivity contribution in [1.29, 1.82) is 0 Å². The lowest BCUT2D eigenvalue weighted by atomic mass is 9.88. The molecule has 0 radical (unpaired) electrons. The van der Waals surface area contributed by atoms with E-state index >= 15 is 0 Å². The number of nitrogens with zero attached hydrogens (tertiary/aromatic N) is 2. The Hall–Kier alpha value is -1.71. The zero-order valence-corrected chi connectivity index (χ0v) is 8.51. The van der Waals surface area contributed by atoms with Gasteiger partial charge in [-0.3, -0.25) is 0 Å². The first-order valence-electron chi connectivity index (χ1n) is 4.82. The number of hydrogen-bond acceptors (Lipinski definition) is 4. The van der Waals surface area contributed by atoms with Crippen molar-refractivity contribution in [1.82, 2.24) is 0 Å². The molecule has 1 atom stereocenters. The van der Waals surface area contributed by atoms with Crippen LogP contribution in [0.4, 0.5) is 0 Å². The third-order valence-corrected chi connectivity index (χ3v) is 2.59. The Morgan fingerprint density at radius 1 is 1.40 bits per heavy atom. The van der Waals surface area contributed by atoms with Crippen LogP contribution < -0.4 is 0 Å². The largest absolute Gasteiger partial charge is 0.467 e. The summed E-state index contributed by atoms with van der Waals surface area (Å²) in [4.78, 5) is 11.8. The van der Waals surface area contributed by atoms with Gasteiger partial charge in [-0.15, -0.1) is 0 Å². The van der Waals surface area contributed by atoms with E-state index in [1.807, 2.05) is 30.3 Å². The second-order valence-corrected chi connectivity index (χ2v) is 3.43. The summed E-state index contributed by atoms with van der Waals surface area (Å²) in [7, 11) is 1.38. The maximum atomic E-state index is 11.8. The molecule has 0 spiro atoms. The highest BCUT2D eigenvalue weighted by Gasteiger charge is 2.44. The minimum Gasteiger partial charge on any atom is -0.467 e. The van der Waals surface area contributed by atoms with Gasteiger partial charge < -0.3 is 4.74 Å². The van der Waals surface area contributed by atoms with E-state index in [-0.39, 0.29) is 5.97 Å². The number of ether oxygens (including phenoxy) is 1. The molecule has 1 aliphatic heterocycles. The molecule has 0 aliphatic carbocycles. The van der Waals surface area contributed by atoms with Crippen molar-refractivity contribution in [3.8, 4) is 0 Å². The van der Waals surface area contributed by atoms with Gasteiger partial charge in [-0.25, -0.2) is 4.79 Å². The van der Waals surface area contributed by atoms with Crippen LogP contribution in [0.25, 0.3) is 0 Å². The van der Waals surface area contributed by atoms with Gasteiger partial charge in [0.15, 0.2) is 0 Å². The normalized spacial score (nSPS) is 24.1. The van der Waals surface area contributed by atoms with E-state index in [1.54, 1.807) is 0 Å². The van der Waals surface area contributed by atoms with Gasteiger partial charge in [-0.2, -0.15) is 10.2 Å². The van der Waals surface area contributed by atoms with E-state index in [0.717, 1.165) is 5.56 Å². The van der Waals surface area contributed by atoms with E-state index < -0.39 is 5.54 Å². The highest BCUT2D eigenvalue weighted by Crippen LogP contribution is 2.35. The molecule has 0 amide bonds. The number of esters is 1. The quantitative estimate of drug-likeness (QED) is 0.691. The van der Waals surface area contributed by atoms with Crippen molar-refractivity contribution in [2.24, 2.45) is 10.2 Å². The van der Waals surface area contributed by atoms with Gasteiger partial charge in [0.1, 0.15) is 0 Å². The van der Waals surface area contributed by atoms with Crippen molar-refractivity contribution >= 4 is 5.97 Å².